The van der Waals surface area contributed by atoms with E-state index in [2.05, 4.69) is 22.0 Å². The highest BCUT2D eigenvalue weighted by Crippen LogP contribution is 2.50. The minimum atomic E-state index is 0.127. The van der Waals surface area contributed by atoms with Gasteiger partial charge in [-0.05, 0) is 49.3 Å². The number of likely N-dealkylation sites (tertiary alicyclic amines) is 1. The van der Waals surface area contributed by atoms with E-state index in [-0.39, 0.29) is 12.0 Å². The number of benzene rings is 1. The molecule has 1 saturated heterocycles. The van der Waals surface area contributed by atoms with Gasteiger partial charge < -0.3 is 14.2 Å². The van der Waals surface area contributed by atoms with Crippen molar-refractivity contribution >= 4 is 5.91 Å². The van der Waals surface area contributed by atoms with Crippen molar-refractivity contribution in [2.45, 2.75) is 37.6 Å². The number of carbonyl (C=O) groups excluding carboxylic acids is 1. The fraction of sp³-hybridized carbons (Fsp3) is 0.500. The first-order chi connectivity index (χ1) is 12.2. The Morgan fingerprint density at radius 3 is 2.72 bits per heavy atom. The summed E-state index contributed by atoms with van der Waals surface area (Å²) in [4.78, 5) is 19.5. The van der Waals surface area contributed by atoms with Gasteiger partial charge in [-0.2, -0.15) is 0 Å². The van der Waals surface area contributed by atoms with Crippen LogP contribution in [0.4, 0.5) is 0 Å². The predicted octanol–water partition coefficient (Wildman–Crippen LogP) is 3.29. The lowest BCUT2D eigenvalue weighted by molar-refractivity contribution is -0.136. The third-order valence-corrected chi connectivity index (χ3v) is 5.63. The average molecular weight is 339 g/mol. The molecule has 1 aromatic heterocycles. The van der Waals surface area contributed by atoms with Crippen molar-refractivity contribution in [3.63, 3.8) is 0 Å². The van der Waals surface area contributed by atoms with Crippen LogP contribution in [0.2, 0.25) is 0 Å². The van der Waals surface area contributed by atoms with Crippen molar-refractivity contribution in [2.75, 3.05) is 13.7 Å². The lowest BCUT2D eigenvalue weighted by atomic mass is 9.98. The van der Waals surface area contributed by atoms with E-state index >= 15 is 0 Å². The molecule has 0 radical (unpaired) electrons. The van der Waals surface area contributed by atoms with Crippen LogP contribution in [-0.2, 0) is 11.8 Å². The normalized spacial score (nSPS) is 25.7. The second kappa shape index (κ2) is 6.54. The first-order valence-electron chi connectivity index (χ1n) is 9.09. The summed E-state index contributed by atoms with van der Waals surface area (Å²) in [6.07, 6.45) is 7.99. The number of amides is 1. The maximum atomic E-state index is 13.2. The molecule has 0 spiro atoms. The number of hydrogen-bond donors (Lipinski definition) is 0. The van der Waals surface area contributed by atoms with Crippen LogP contribution in [-0.4, -0.2) is 34.0 Å². The monoisotopic (exact) mass is 339 g/mol. The van der Waals surface area contributed by atoms with Crippen molar-refractivity contribution in [1.82, 2.24) is 14.5 Å². The lowest BCUT2D eigenvalue weighted by Gasteiger charge is -2.36. The zero-order valence-electron chi connectivity index (χ0n) is 14.9. The highest BCUT2D eigenvalue weighted by molar-refractivity contribution is 5.83. The van der Waals surface area contributed by atoms with E-state index in [1.807, 2.05) is 36.3 Å². The van der Waals surface area contributed by atoms with E-state index < -0.39 is 0 Å². The molecule has 0 bridgehead atoms. The van der Waals surface area contributed by atoms with Gasteiger partial charge in [0, 0.05) is 19.5 Å². The maximum absolute atomic E-state index is 13.2. The standard InChI is InChI=1S/C20H25N3O2/c1-22-13-21-12-19(22)18-5-3-4-10-23(18)20(24)17-11-16(17)14-6-8-15(25-2)9-7-14/h6-9,12-13,16-18H,3-5,10-11H2,1-2H3/t16-,17+,18?/m0/s1. The molecule has 0 N–H and O–H groups in total. The molecule has 1 aromatic carbocycles. The Hall–Kier alpha value is -2.30. The zero-order valence-corrected chi connectivity index (χ0v) is 14.9. The molecule has 4 rings (SSSR count). The van der Waals surface area contributed by atoms with Gasteiger partial charge in [0.2, 0.25) is 5.91 Å². The van der Waals surface area contributed by atoms with Gasteiger partial charge in [0.25, 0.3) is 0 Å². The Bertz CT molecular complexity index is 753. The molecule has 1 aliphatic carbocycles. The number of rotatable bonds is 4. The third kappa shape index (κ3) is 3.03. The first-order valence-corrected chi connectivity index (χ1v) is 9.09. The van der Waals surface area contributed by atoms with Crippen LogP contribution >= 0.6 is 0 Å². The molecular formula is C20H25N3O2. The number of carbonyl (C=O) groups is 1. The number of methoxy groups -OCH3 is 1. The van der Waals surface area contributed by atoms with Crippen LogP contribution in [0, 0.1) is 5.92 Å². The van der Waals surface area contributed by atoms with Gasteiger partial charge in [0.15, 0.2) is 0 Å². The van der Waals surface area contributed by atoms with Crippen LogP contribution in [0.15, 0.2) is 36.8 Å². The molecule has 2 heterocycles. The van der Waals surface area contributed by atoms with Gasteiger partial charge in [0.05, 0.1) is 31.4 Å². The topological polar surface area (TPSA) is 47.4 Å². The Morgan fingerprint density at radius 1 is 1.24 bits per heavy atom. The van der Waals surface area contributed by atoms with Gasteiger partial charge in [0.1, 0.15) is 5.75 Å². The van der Waals surface area contributed by atoms with Gasteiger partial charge in [-0.3, -0.25) is 4.79 Å². The number of ether oxygens (including phenoxy) is 1. The molecule has 132 valence electrons. The molecule has 1 saturated carbocycles. The van der Waals surface area contributed by atoms with Crippen molar-refractivity contribution in [2.24, 2.45) is 13.0 Å². The Morgan fingerprint density at radius 2 is 2.04 bits per heavy atom. The molecule has 2 fully saturated rings. The molecule has 5 nitrogen and oxygen atoms in total. The van der Waals surface area contributed by atoms with E-state index in [1.165, 1.54) is 12.0 Å². The Kier molecular flexibility index (Phi) is 4.24. The molecule has 2 aliphatic rings. The predicted molar refractivity (Wildman–Crippen MR) is 95.4 cm³/mol. The summed E-state index contributed by atoms with van der Waals surface area (Å²) in [6, 6.07) is 8.31. The van der Waals surface area contributed by atoms with Crippen LogP contribution in [0.25, 0.3) is 0 Å². The lowest BCUT2D eigenvalue weighted by Crippen LogP contribution is -2.40. The van der Waals surface area contributed by atoms with E-state index in [4.69, 9.17) is 4.74 Å². The van der Waals surface area contributed by atoms with Gasteiger partial charge >= 0.3 is 0 Å². The summed E-state index contributed by atoms with van der Waals surface area (Å²) >= 11 is 0. The smallest absolute Gasteiger partial charge is 0.226 e. The fourth-order valence-corrected chi connectivity index (χ4v) is 4.09. The highest BCUT2D eigenvalue weighted by atomic mass is 16.5. The number of aromatic nitrogens is 2. The third-order valence-electron chi connectivity index (χ3n) is 5.63. The van der Waals surface area contributed by atoms with Crippen molar-refractivity contribution < 1.29 is 9.53 Å². The molecule has 2 aromatic rings. The molecule has 1 aliphatic heterocycles. The van der Waals surface area contributed by atoms with E-state index in [0.717, 1.165) is 37.3 Å². The highest BCUT2D eigenvalue weighted by Gasteiger charge is 2.47. The molecule has 1 amide bonds. The largest absolute Gasteiger partial charge is 0.497 e. The molecule has 1 unspecified atom stereocenters. The molecule has 3 atom stereocenters. The van der Waals surface area contributed by atoms with E-state index in [9.17, 15) is 4.79 Å². The van der Waals surface area contributed by atoms with Crippen LogP contribution in [0.5, 0.6) is 5.75 Å². The first kappa shape index (κ1) is 16.2. The molecular weight excluding hydrogens is 314 g/mol. The second-order valence-corrected chi connectivity index (χ2v) is 7.19. The number of nitrogens with zero attached hydrogens (tertiary/aromatic N) is 3. The summed E-state index contributed by atoms with van der Waals surface area (Å²) in [7, 11) is 3.68. The maximum Gasteiger partial charge on any atom is 0.226 e. The Labute approximate surface area is 148 Å². The van der Waals surface area contributed by atoms with Crippen molar-refractivity contribution in [3.05, 3.63) is 48.0 Å². The average Bonchev–Trinajstić information content (AvgIpc) is 3.35. The molecule has 25 heavy (non-hydrogen) atoms. The number of aryl methyl sites for hydroxylation is 1. The minimum absolute atomic E-state index is 0.127. The second-order valence-electron chi connectivity index (χ2n) is 7.19. The summed E-state index contributed by atoms with van der Waals surface area (Å²) in [5, 5.41) is 0. The van der Waals surface area contributed by atoms with Gasteiger partial charge in [-0.1, -0.05) is 12.1 Å². The number of hydrogen-bond acceptors (Lipinski definition) is 3. The summed E-state index contributed by atoms with van der Waals surface area (Å²) in [5.41, 5.74) is 2.39. The number of imidazole rings is 1. The number of piperidine rings is 1. The Balaban J connectivity index is 1.49. The molecule has 5 heteroatoms. The summed E-state index contributed by atoms with van der Waals surface area (Å²) in [5.74, 6) is 1.65. The summed E-state index contributed by atoms with van der Waals surface area (Å²) < 4.78 is 7.27. The van der Waals surface area contributed by atoms with Crippen LogP contribution < -0.4 is 4.74 Å². The van der Waals surface area contributed by atoms with Crippen molar-refractivity contribution in [3.8, 4) is 5.75 Å². The van der Waals surface area contributed by atoms with E-state index in [0.29, 0.717) is 11.8 Å². The van der Waals surface area contributed by atoms with Crippen LogP contribution in [0.1, 0.15) is 48.9 Å². The van der Waals surface area contributed by atoms with Crippen LogP contribution in [0.3, 0.4) is 0 Å². The zero-order chi connectivity index (χ0) is 17.4. The van der Waals surface area contributed by atoms with Gasteiger partial charge in [-0.15, -0.1) is 0 Å². The fourth-order valence-electron chi connectivity index (χ4n) is 4.09. The minimum Gasteiger partial charge on any atom is -0.497 e. The quantitative estimate of drug-likeness (QED) is 0.859. The SMILES string of the molecule is COc1ccc([C@@H]2C[C@H]2C(=O)N2CCCCC2c2cncn2C)cc1. The van der Waals surface area contributed by atoms with Crippen molar-refractivity contribution in [1.29, 1.82) is 0 Å². The van der Waals surface area contributed by atoms with E-state index in [1.54, 1.807) is 7.11 Å². The summed E-state index contributed by atoms with van der Waals surface area (Å²) in [6.45, 7) is 0.862. The van der Waals surface area contributed by atoms with Gasteiger partial charge in [-0.25, -0.2) is 4.98 Å².